The smallest absolute Gasteiger partial charge is 0.139 e. The Kier molecular flexibility index (Phi) is 3.22. The molecule has 1 aromatic rings. The summed E-state index contributed by atoms with van der Waals surface area (Å²) in [4.78, 5) is 9.84. The standard InChI is InChI=1S/C8H6F2OS/c9-6-2-1-3-7(10)8(6)12-5-4-11/h1-4H,5H2. The lowest BCUT2D eigenvalue weighted by Gasteiger charge is -2.00. The van der Waals surface area contributed by atoms with Gasteiger partial charge in [-0.25, -0.2) is 8.78 Å². The van der Waals surface area contributed by atoms with Crippen LogP contribution in [-0.4, -0.2) is 12.0 Å². The first-order valence-corrected chi connectivity index (χ1v) is 4.24. The predicted molar refractivity (Wildman–Crippen MR) is 43.1 cm³/mol. The molecule has 12 heavy (non-hydrogen) atoms. The summed E-state index contributed by atoms with van der Waals surface area (Å²) < 4.78 is 25.6. The Bertz CT molecular complexity index is 268. The van der Waals surface area contributed by atoms with E-state index in [-0.39, 0.29) is 10.6 Å². The van der Waals surface area contributed by atoms with Gasteiger partial charge in [0.15, 0.2) is 0 Å². The maximum atomic E-state index is 12.8. The number of rotatable bonds is 3. The quantitative estimate of drug-likeness (QED) is 0.534. The number of benzene rings is 1. The van der Waals surface area contributed by atoms with Gasteiger partial charge in [-0.1, -0.05) is 6.07 Å². The molecule has 0 saturated heterocycles. The van der Waals surface area contributed by atoms with Crippen molar-refractivity contribution >= 4 is 18.0 Å². The van der Waals surface area contributed by atoms with Crippen LogP contribution in [-0.2, 0) is 4.79 Å². The van der Waals surface area contributed by atoms with Crippen LogP contribution in [0.25, 0.3) is 0 Å². The third kappa shape index (κ3) is 2.04. The molecule has 0 aliphatic rings. The average molecular weight is 188 g/mol. The highest BCUT2D eigenvalue weighted by molar-refractivity contribution is 7.99. The van der Waals surface area contributed by atoms with Gasteiger partial charge >= 0.3 is 0 Å². The predicted octanol–water partition coefficient (Wildman–Crippen LogP) is 2.26. The van der Waals surface area contributed by atoms with E-state index >= 15 is 0 Å². The van der Waals surface area contributed by atoms with Gasteiger partial charge in [-0.3, -0.25) is 0 Å². The largest absolute Gasteiger partial charge is 0.302 e. The molecular weight excluding hydrogens is 182 g/mol. The van der Waals surface area contributed by atoms with Crippen LogP contribution >= 0.6 is 11.8 Å². The molecule has 0 atom stereocenters. The van der Waals surface area contributed by atoms with Crippen LogP contribution < -0.4 is 0 Å². The van der Waals surface area contributed by atoms with E-state index in [9.17, 15) is 13.6 Å². The number of thioether (sulfide) groups is 1. The molecule has 4 heteroatoms. The lowest BCUT2D eigenvalue weighted by Crippen LogP contribution is -1.88. The van der Waals surface area contributed by atoms with E-state index in [1.807, 2.05) is 0 Å². The molecule has 0 bridgehead atoms. The fraction of sp³-hybridized carbons (Fsp3) is 0.125. The monoisotopic (exact) mass is 188 g/mol. The van der Waals surface area contributed by atoms with Gasteiger partial charge in [0.1, 0.15) is 17.9 Å². The van der Waals surface area contributed by atoms with E-state index in [0.29, 0.717) is 6.29 Å². The molecule has 0 unspecified atom stereocenters. The Morgan fingerprint density at radius 3 is 2.42 bits per heavy atom. The molecule has 0 aliphatic heterocycles. The Morgan fingerprint density at radius 1 is 1.33 bits per heavy atom. The summed E-state index contributed by atoms with van der Waals surface area (Å²) in [5.41, 5.74) is 0. The normalized spacial score (nSPS) is 9.83. The maximum Gasteiger partial charge on any atom is 0.139 e. The van der Waals surface area contributed by atoms with Crippen molar-refractivity contribution in [2.45, 2.75) is 4.90 Å². The number of carbonyl (C=O) groups is 1. The van der Waals surface area contributed by atoms with Crippen molar-refractivity contribution in [3.05, 3.63) is 29.8 Å². The minimum absolute atomic E-state index is 0.0673. The summed E-state index contributed by atoms with van der Waals surface area (Å²) in [5, 5.41) is 0. The number of hydrogen-bond donors (Lipinski definition) is 0. The van der Waals surface area contributed by atoms with Crippen LogP contribution in [0.4, 0.5) is 8.78 Å². The zero-order valence-electron chi connectivity index (χ0n) is 6.09. The van der Waals surface area contributed by atoms with E-state index in [0.717, 1.165) is 23.9 Å². The van der Waals surface area contributed by atoms with Crippen LogP contribution in [0, 0.1) is 11.6 Å². The van der Waals surface area contributed by atoms with Crippen LogP contribution in [0.2, 0.25) is 0 Å². The van der Waals surface area contributed by atoms with Gasteiger partial charge in [0.05, 0.1) is 10.6 Å². The Hall–Kier alpha value is -0.900. The highest BCUT2D eigenvalue weighted by atomic mass is 32.2. The van der Waals surface area contributed by atoms with Crippen LogP contribution in [0.1, 0.15) is 0 Å². The topological polar surface area (TPSA) is 17.1 Å². The number of hydrogen-bond acceptors (Lipinski definition) is 2. The fourth-order valence-corrected chi connectivity index (χ4v) is 1.38. The van der Waals surface area contributed by atoms with Crippen LogP contribution in [0.5, 0.6) is 0 Å². The fourth-order valence-electron chi connectivity index (χ4n) is 0.738. The first kappa shape index (κ1) is 9.19. The molecule has 0 amide bonds. The van der Waals surface area contributed by atoms with Crippen molar-refractivity contribution in [3.8, 4) is 0 Å². The Balaban J connectivity index is 2.88. The molecule has 0 heterocycles. The minimum Gasteiger partial charge on any atom is -0.302 e. The van der Waals surface area contributed by atoms with Crippen molar-refractivity contribution in [2.24, 2.45) is 0 Å². The molecule has 1 rings (SSSR count). The molecule has 64 valence electrons. The highest BCUT2D eigenvalue weighted by Crippen LogP contribution is 2.23. The third-order valence-electron chi connectivity index (χ3n) is 1.21. The molecule has 0 saturated carbocycles. The zero-order valence-corrected chi connectivity index (χ0v) is 6.91. The van der Waals surface area contributed by atoms with Gasteiger partial charge in [0.25, 0.3) is 0 Å². The zero-order chi connectivity index (χ0) is 8.97. The molecule has 0 fully saturated rings. The molecule has 1 aromatic carbocycles. The van der Waals surface area contributed by atoms with E-state index in [2.05, 4.69) is 0 Å². The summed E-state index contributed by atoms with van der Waals surface area (Å²) >= 11 is 0.856. The minimum atomic E-state index is -0.623. The van der Waals surface area contributed by atoms with Crippen molar-refractivity contribution in [2.75, 3.05) is 5.75 Å². The van der Waals surface area contributed by atoms with Gasteiger partial charge < -0.3 is 4.79 Å². The molecule has 0 aliphatic carbocycles. The molecule has 0 radical (unpaired) electrons. The van der Waals surface area contributed by atoms with Crippen molar-refractivity contribution in [3.63, 3.8) is 0 Å². The van der Waals surface area contributed by atoms with E-state index in [1.54, 1.807) is 0 Å². The van der Waals surface area contributed by atoms with Gasteiger partial charge in [0, 0.05) is 0 Å². The average Bonchev–Trinajstić information content (AvgIpc) is 2.04. The maximum absolute atomic E-state index is 12.8. The molecule has 0 N–H and O–H groups in total. The first-order valence-electron chi connectivity index (χ1n) is 3.26. The summed E-state index contributed by atoms with van der Waals surface area (Å²) in [6.45, 7) is 0. The van der Waals surface area contributed by atoms with Gasteiger partial charge in [-0.05, 0) is 12.1 Å². The summed E-state index contributed by atoms with van der Waals surface area (Å²) in [7, 11) is 0. The lowest BCUT2D eigenvalue weighted by molar-refractivity contribution is -0.105. The van der Waals surface area contributed by atoms with Crippen molar-refractivity contribution < 1.29 is 13.6 Å². The van der Waals surface area contributed by atoms with Crippen LogP contribution in [0.15, 0.2) is 23.1 Å². The Labute approximate surface area is 72.8 Å². The molecule has 0 aromatic heterocycles. The van der Waals surface area contributed by atoms with E-state index in [1.165, 1.54) is 6.07 Å². The SMILES string of the molecule is O=CCSc1c(F)cccc1F. The van der Waals surface area contributed by atoms with Gasteiger partial charge in [0.2, 0.25) is 0 Å². The van der Waals surface area contributed by atoms with Gasteiger partial charge in [-0.15, -0.1) is 11.8 Å². The van der Waals surface area contributed by atoms with Crippen LogP contribution in [0.3, 0.4) is 0 Å². The summed E-state index contributed by atoms with van der Waals surface area (Å²) in [6.07, 6.45) is 0.608. The number of carbonyl (C=O) groups excluding carboxylic acids is 1. The van der Waals surface area contributed by atoms with E-state index < -0.39 is 11.6 Å². The van der Waals surface area contributed by atoms with Crippen molar-refractivity contribution in [1.82, 2.24) is 0 Å². The second-order valence-electron chi connectivity index (χ2n) is 2.03. The second kappa shape index (κ2) is 4.21. The number of halogens is 2. The van der Waals surface area contributed by atoms with E-state index in [4.69, 9.17) is 0 Å². The molecule has 1 nitrogen and oxygen atoms in total. The second-order valence-corrected chi connectivity index (χ2v) is 3.06. The first-order chi connectivity index (χ1) is 5.75. The van der Waals surface area contributed by atoms with Crippen molar-refractivity contribution in [1.29, 1.82) is 0 Å². The molecular formula is C8H6F2OS. The number of aldehydes is 1. The summed E-state index contributed by atoms with van der Waals surface area (Å²) in [5.74, 6) is -1.18. The van der Waals surface area contributed by atoms with Gasteiger partial charge in [-0.2, -0.15) is 0 Å². The summed E-state index contributed by atoms with van der Waals surface area (Å²) in [6, 6.07) is 3.61. The Morgan fingerprint density at radius 2 is 1.92 bits per heavy atom. The third-order valence-corrected chi connectivity index (χ3v) is 2.20. The highest BCUT2D eigenvalue weighted by Gasteiger charge is 2.07. The molecule has 0 spiro atoms. The lowest BCUT2D eigenvalue weighted by atomic mass is 10.3.